The Hall–Kier alpha value is -2.74. The van der Waals surface area contributed by atoms with Gasteiger partial charge >= 0.3 is 5.97 Å². The van der Waals surface area contributed by atoms with Crippen LogP contribution in [0.3, 0.4) is 0 Å². The number of aliphatic hydroxyl groups is 1. The highest BCUT2D eigenvalue weighted by atomic mass is 16.5. The first-order valence-corrected chi connectivity index (χ1v) is 6.02. The third-order valence-corrected chi connectivity index (χ3v) is 2.68. The van der Waals surface area contributed by atoms with E-state index >= 15 is 0 Å². The van der Waals surface area contributed by atoms with E-state index in [4.69, 9.17) is 4.42 Å². The largest absolute Gasteiger partial charge is 0.467 e. The van der Waals surface area contributed by atoms with Gasteiger partial charge in [0.05, 0.1) is 13.7 Å². The molecule has 0 radical (unpaired) electrons. The van der Waals surface area contributed by atoms with Gasteiger partial charge in [0, 0.05) is 11.1 Å². The minimum atomic E-state index is -1.39. The number of carbonyl (C=O) groups excluding carboxylic acids is 2. The van der Waals surface area contributed by atoms with Gasteiger partial charge in [-0.2, -0.15) is 0 Å². The monoisotopic (exact) mass is 291 g/mol. The van der Waals surface area contributed by atoms with Crippen LogP contribution in [0.15, 0.2) is 35.1 Å². The van der Waals surface area contributed by atoms with Crippen LogP contribution >= 0.6 is 0 Å². The smallest absolute Gasteiger partial charge is 0.336 e. The predicted octanol–water partition coefficient (Wildman–Crippen LogP) is 0.000300. The number of nitrogens with one attached hydrogen (secondary N) is 1. The minimum absolute atomic E-state index is 0.225. The average Bonchev–Trinajstić information content (AvgIpc) is 3.06. The predicted molar refractivity (Wildman–Crippen MR) is 70.1 cm³/mol. The molecule has 2 rings (SSSR count). The maximum absolute atomic E-state index is 11.8. The summed E-state index contributed by atoms with van der Waals surface area (Å²) in [4.78, 5) is 22.8. The highest BCUT2D eigenvalue weighted by Crippen LogP contribution is 2.16. The lowest BCUT2D eigenvalue weighted by molar-refractivity contribution is -0.149. The third kappa shape index (κ3) is 3.63. The van der Waals surface area contributed by atoms with Crippen molar-refractivity contribution in [2.45, 2.75) is 6.10 Å². The molecule has 21 heavy (non-hydrogen) atoms. The summed E-state index contributed by atoms with van der Waals surface area (Å²) >= 11 is 0. The number of ether oxygens (including phenoxy) is 1. The van der Waals surface area contributed by atoms with Crippen LogP contribution in [0.25, 0.3) is 11.5 Å². The number of nitrogens with zero attached hydrogens (tertiary/aromatic N) is 2. The standard InChI is InChI=1S/C13H13N3O5/c1-20-13(19)10(17)6-14-11(18)8-2-4-9(5-3-8)12-16-15-7-21-12/h2-5,7,10,17H,6H2,1H3,(H,14,18). The van der Waals surface area contributed by atoms with Crippen molar-refractivity contribution < 1.29 is 23.8 Å². The molecule has 0 saturated carbocycles. The number of benzene rings is 1. The van der Waals surface area contributed by atoms with Gasteiger partial charge in [-0.25, -0.2) is 4.79 Å². The average molecular weight is 291 g/mol. The molecule has 1 aromatic heterocycles. The summed E-state index contributed by atoms with van der Waals surface area (Å²) < 4.78 is 9.37. The van der Waals surface area contributed by atoms with Crippen LogP contribution in [-0.2, 0) is 9.53 Å². The Labute approximate surface area is 119 Å². The molecule has 0 aliphatic rings. The van der Waals surface area contributed by atoms with Crippen LogP contribution in [0.1, 0.15) is 10.4 Å². The molecule has 0 spiro atoms. The number of rotatable bonds is 5. The van der Waals surface area contributed by atoms with Crippen molar-refractivity contribution in [2.24, 2.45) is 0 Å². The molecule has 1 unspecified atom stereocenters. The quantitative estimate of drug-likeness (QED) is 0.745. The molecule has 1 aromatic carbocycles. The Bertz CT molecular complexity index is 609. The molecule has 0 fully saturated rings. The summed E-state index contributed by atoms with van der Waals surface area (Å²) in [7, 11) is 1.16. The van der Waals surface area contributed by atoms with Gasteiger partial charge in [-0.3, -0.25) is 4.79 Å². The molecule has 1 heterocycles. The summed E-state index contributed by atoms with van der Waals surface area (Å²) in [6.07, 6.45) is -0.180. The fourth-order valence-corrected chi connectivity index (χ4v) is 1.57. The Morgan fingerprint density at radius 1 is 1.38 bits per heavy atom. The summed E-state index contributed by atoms with van der Waals surface area (Å²) in [6.45, 7) is -0.225. The number of amides is 1. The van der Waals surface area contributed by atoms with E-state index in [0.717, 1.165) is 7.11 Å². The van der Waals surface area contributed by atoms with E-state index in [9.17, 15) is 14.7 Å². The maximum Gasteiger partial charge on any atom is 0.336 e. The lowest BCUT2D eigenvalue weighted by Gasteiger charge is -2.09. The highest BCUT2D eigenvalue weighted by molar-refractivity contribution is 5.94. The molecule has 2 aromatic rings. The number of hydrogen-bond donors (Lipinski definition) is 2. The number of carbonyl (C=O) groups is 2. The van der Waals surface area contributed by atoms with E-state index in [2.05, 4.69) is 20.3 Å². The number of hydrogen-bond acceptors (Lipinski definition) is 7. The normalized spacial score (nSPS) is 11.7. The number of methoxy groups -OCH3 is 1. The molecule has 0 bridgehead atoms. The van der Waals surface area contributed by atoms with Crippen molar-refractivity contribution in [3.8, 4) is 11.5 Å². The molecular weight excluding hydrogens is 278 g/mol. The topological polar surface area (TPSA) is 115 Å². The van der Waals surface area contributed by atoms with Crippen LogP contribution < -0.4 is 5.32 Å². The van der Waals surface area contributed by atoms with Crippen molar-refractivity contribution >= 4 is 11.9 Å². The fourth-order valence-electron chi connectivity index (χ4n) is 1.57. The molecule has 1 amide bonds. The zero-order valence-electron chi connectivity index (χ0n) is 11.1. The van der Waals surface area contributed by atoms with Crippen LogP contribution in [0.4, 0.5) is 0 Å². The molecular formula is C13H13N3O5. The van der Waals surface area contributed by atoms with Gasteiger partial charge in [0.2, 0.25) is 12.3 Å². The first kappa shape index (κ1) is 14.7. The Kier molecular flexibility index (Phi) is 4.62. The zero-order chi connectivity index (χ0) is 15.2. The second-order valence-electron chi connectivity index (χ2n) is 4.07. The van der Waals surface area contributed by atoms with Crippen molar-refractivity contribution in [3.05, 3.63) is 36.2 Å². The lowest BCUT2D eigenvalue weighted by atomic mass is 10.1. The minimum Gasteiger partial charge on any atom is -0.467 e. The number of aromatic nitrogens is 2. The first-order chi connectivity index (χ1) is 10.1. The lowest BCUT2D eigenvalue weighted by Crippen LogP contribution is -2.37. The molecule has 0 saturated heterocycles. The van der Waals surface area contributed by atoms with Crippen LogP contribution in [0.5, 0.6) is 0 Å². The van der Waals surface area contributed by atoms with E-state index in [0.29, 0.717) is 17.0 Å². The molecule has 1 atom stereocenters. The second-order valence-corrected chi connectivity index (χ2v) is 4.07. The maximum atomic E-state index is 11.8. The van der Waals surface area contributed by atoms with E-state index in [-0.39, 0.29) is 6.54 Å². The summed E-state index contributed by atoms with van der Waals surface area (Å²) in [5.74, 6) is -0.875. The van der Waals surface area contributed by atoms with Gasteiger partial charge in [-0.1, -0.05) is 0 Å². The number of aliphatic hydroxyl groups excluding tert-OH is 1. The van der Waals surface area contributed by atoms with Crippen LogP contribution in [-0.4, -0.2) is 46.9 Å². The van der Waals surface area contributed by atoms with Gasteiger partial charge in [-0.15, -0.1) is 10.2 Å². The summed E-state index contributed by atoms with van der Waals surface area (Å²) in [6, 6.07) is 6.44. The fraction of sp³-hybridized carbons (Fsp3) is 0.231. The van der Waals surface area contributed by atoms with E-state index in [1.807, 2.05) is 0 Å². The van der Waals surface area contributed by atoms with E-state index < -0.39 is 18.0 Å². The molecule has 2 N–H and O–H groups in total. The second kappa shape index (κ2) is 6.62. The summed E-state index contributed by atoms with van der Waals surface area (Å²) in [5.41, 5.74) is 1.05. The van der Waals surface area contributed by atoms with Gasteiger partial charge in [0.15, 0.2) is 6.10 Å². The van der Waals surface area contributed by atoms with Gasteiger partial charge in [-0.05, 0) is 24.3 Å². The third-order valence-electron chi connectivity index (χ3n) is 2.68. The Morgan fingerprint density at radius 2 is 2.10 bits per heavy atom. The first-order valence-electron chi connectivity index (χ1n) is 6.02. The van der Waals surface area contributed by atoms with Crippen LogP contribution in [0, 0.1) is 0 Å². The van der Waals surface area contributed by atoms with E-state index in [1.165, 1.54) is 6.39 Å². The molecule has 0 aliphatic heterocycles. The van der Waals surface area contributed by atoms with Crippen molar-refractivity contribution in [1.82, 2.24) is 15.5 Å². The highest BCUT2D eigenvalue weighted by Gasteiger charge is 2.16. The van der Waals surface area contributed by atoms with Gasteiger partial charge in [0.1, 0.15) is 0 Å². The summed E-state index contributed by atoms with van der Waals surface area (Å²) in [5, 5.41) is 19.1. The number of esters is 1. The van der Waals surface area contributed by atoms with E-state index in [1.54, 1.807) is 24.3 Å². The molecule has 110 valence electrons. The molecule has 8 heteroatoms. The zero-order valence-corrected chi connectivity index (χ0v) is 11.1. The molecule has 0 aliphatic carbocycles. The van der Waals surface area contributed by atoms with Crippen molar-refractivity contribution in [1.29, 1.82) is 0 Å². The Balaban J connectivity index is 1.96. The molecule has 8 nitrogen and oxygen atoms in total. The Morgan fingerprint density at radius 3 is 2.67 bits per heavy atom. The van der Waals surface area contributed by atoms with Crippen molar-refractivity contribution in [3.63, 3.8) is 0 Å². The van der Waals surface area contributed by atoms with Gasteiger partial charge < -0.3 is 19.6 Å². The SMILES string of the molecule is COC(=O)C(O)CNC(=O)c1ccc(-c2nnco2)cc1. The van der Waals surface area contributed by atoms with Crippen LogP contribution in [0.2, 0.25) is 0 Å². The van der Waals surface area contributed by atoms with Crippen molar-refractivity contribution in [2.75, 3.05) is 13.7 Å². The van der Waals surface area contributed by atoms with Gasteiger partial charge in [0.25, 0.3) is 5.91 Å².